The highest BCUT2D eigenvalue weighted by molar-refractivity contribution is 6.03. The Labute approximate surface area is 143 Å². The molecule has 0 heterocycles. The number of carbonyl (C=O) groups is 2. The molecule has 2 aromatic rings. The molecule has 0 saturated carbocycles. The number of amides is 1. The summed E-state index contributed by atoms with van der Waals surface area (Å²) < 4.78 is 5.10. The number of benzene rings is 2. The third-order valence-electron chi connectivity index (χ3n) is 3.78. The van der Waals surface area contributed by atoms with E-state index in [0.29, 0.717) is 30.8 Å². The maximum Gasteiger partial charge on any atom is 0.340 e. The molecular weight excluding hydrogens is 302 g/mol. The fraction of sp³-hybridized carbons (Fsp3) is 0.300. The molecule has 0 spiro atoms. The zero-order chi connectivity index (χ0) is 17.5. The predicted octanol–water partition coefficient (Wildman–Crippen LogP) is 3.77. The van der Waals surface area contributed by atoms with Gasteiger partial charge in [-0.3, -0.25) is 4.79 Å². The van der Waals surface area contributed by atoms with Crippen molar-refractivity contribution in [1.29, 1.82) is 0 Å². The molecule has 1 amide bonds. The minimum absolute atomic E-state index is 0.0434. The predicted molar refractivity (Wildman–Crippen MR) is 95.3 cm³/mol. The van der Waals surface area contributed by atoms with Crippen molar-refractivity contribution in [2.24, 2.45) is 0 Å². The summed E-state index contributed by atoms with van der Waals surface area (Å²) in [7, 11) is 0. The molecule has 0 aliphatic heterocycles. The average molecular weight is 325 g/mol. The van der Waals surface area contributed by atoms with Gasteiger partial charge >= 0.3 is 5.97 Å². The molecular formula is C20H23NO3. The molecule has 4 nitrogen and oxygen atoms in total. The Hall–Kier alpha value is -2.62. The van der Waals surface area contributed by atoms with E-state index in [1.165, 1.54) is 0 Å². The van der Waals surface area contributed by atoms with Crippen LogP contribution >= 0.6 is 0 Å². The van der Waals surface area contributed by atoms with Crippen LogP contribution < -0.4 is 4.90 Å². The van der Waals surface area contributed by atoms with Crippen LogP contribution in [0.2, 0.25) is 0 Å². The number of aryl methyl sites for hydroxylation is 1. The molecule has 2 aromatic carbocycles. The van der Waals surface area contributed by atoms with Gasteiger partial charge in [-0.2, -0.15) is 0 Å². The molecule has 0 unspecified atom stereocenters. The third-order valence-corrected chi connectivity index (χ3v) is 3.78. The second kappa shape index (κ2) is 8.29. The van der Waals surface area contributed by atoms with Gasteiger partial charge in [-0.15, -0.1) is 0 Å². The van der Waals surface area contributed by atoms with Gasteiger partial charge in [0.2, 0.25) is 5.91 Å². The van der Waals surface area contributed by atoms with Crippen LogP contribution in [0.3, 0.4) is 0 Å². The second-order valence-electron chi connectivity index (χ2n) is 5.54. The Morgan fingerprint density at radius 2 is 1.67 bits per heavy atom. The molecule has 0 N–H and O–H groups in total. The number of likely N-dealkylation sites (N-methyl/N-ethyl adjacent to an activating group) is 1. The fourth-order valence-electron chi connectivity index (χ4n) is 2.55. The highest BCUT2D eigenvalue weighted by Gasteiger charge is 2.21. The lowest BCUT2D eigenvalue weighted by atomic mass is 10.1. The van der Waals surface area contributed by atoms with E-state index in [1.54, 1.807) is 30.0 Å². The van der Waals surface area contributed by atoms with Crippen molar-refractivity contribution in [3.05, 3.63) is 65.2 Å². The van der Waals surface area contributed by atoms with Crippen LogP contribution in [0.5, 0.6) is 0 Å². The third kappa shape index (κ3) is 4.22. The van der Waals surface area contributed by atoms with Crippen molar-refractivity contribution in [1.82, 2.24) is 0 Å². The van der Waals surface area contributed by atoms with Crippen LogP contribution in [0.4, 0.5) is 5.69 Å². The number of rotatable bonds is 6. The minimum atomic E-state index is -0.408. The molecule has 0 aromatic heterocycles. The van der Waals surface area contributed by atoms with E-state index in [0.717, 1.165) is 11.1 Å². The highest BCUT2D eigenvalue weighted by Crippen LogP contribution is 2.22. The van der Waals surface area contributed by atoms with Crippen LogP contribution in [0.25, 0.3) is 0 Å². The molecule has 0 saturated heterocycles. The molecule has 24 heavy (non-hydrogen) atoms. The van der Waals surface area contributed by atoms with Gasteiger partial charge in [-0.1, -0.05) is 42.0 Å². The molecule has 0 aliphatic rings. The normalized spacial score (nSPS) is 10.3. The summed E-state index contributed by atoms with van der Waals surface area (Å²) in [5.74, 6) is -0.451. The largest absolute Gasteiger partial charge is 0.462 e. The van der Waals surface area contributed by atoms with Gasteiger partial charge in [0.1, 0.15) is 0 Å². The Morgan fingerprint density at radius 3 is 2.29 bits per heavy atom. The molecule has 0 bridgehead atoms. The van der Waals surface area contributed by atoms with Crippen LogP contribution in [-0.4, -0.2) is 25.0 Å². The second-order valence-corrected chi connectivity index (χ2v) is 5.54. The van der Waals surface area contributed by atoms with Gasteiger partial charge in [0.05, 0.1) is 24.3 Å². The van der Waals surface area contributed by atoms with Crippen molar-refractivity contribution in [2.45, 2.75) is 27.2 Å². The van der Waals surface area contributed by atoms with E-state index in [9.17, 15) is 9.59 Å². The van der Waals surface area contributed by atoms with Crippen molar-refractivity contribution in [3.8, 4) is 0 Å². The van der Waals surface area contributed by atoms with Gasteiger partial charge in [0.15, 0.2) is 0 Å². The van der Waals surface area contributed by atoms with E-state index in [2.05, 4.69) is 0 Å². The molecule has 126 valence electrons. The summed E-state index contributed by atoms with van der Waals surface area (Å²) in [6.45, 7) is 6.47. The number of para-hydroxylation sites is 1. The number of hydrogen-bond acceptors (Lipinski definition) is 3. The number of carbonyl (C=O) groups excluding carboxylic acids is 2. The molecule has 0 aliphatic carbocycles. The molecule has 0 fully saturated rings. The Bertz CT molecular complexity index is 707. The zero-order valence-electron chi connectivity index (χ0n) is 14.4. The Kier molecular flexibility index (Phi) is 6.13. The van der Waals surface area contributed by atoms with Crippen LogP contribution in [0.15, 0.2) is 48.5 Å². The zero-order valence-corrected chi connectivity index (χ0v) is 14.4. The van der Waals surface area contributed by atoms with Crippen molar-refractivity contribution in [2.75, 3.05) is 18.1 Å². The smallest absolute Gasteiger partial charge is 0.340 e. The molecule has 0 radical (unpaired) electrons. The van der Waals surface area contributed by atoms with Crippen molar-refractivity contribution < 1.29 is 14.3 Å². The summed E-state index contributed by atoms with van der Waals surface area (Å²) in [5.41, 5.74) is 3.12. The SMILES string of the molecule is CCOC(=O)c1ccccc1N(CC)C(=O)Cc1ccc(C)cc1. The van der Waals surface area contributed by atoms with Gasteiger partial charge in [0, 0.05) is 6.54 Å². The standard InChI is InChI=1S/C20H23NO3/c1-4-21(19(22)14-16-12-10-15(3)11-13-16)18-9-7-6-8-17(18)20(23)24-5-2/h6-13H,4-5,14H2,1-3H3. The van der Waals surface area contributed by atoms with E-state index >= 15 is 0 Å². The van der Waals surface area contributed by atoms with Crippen LogP contribution in [0, 0.1) is 6.92 Å². The fourth-order valence-corrected chi connectivity index (χ4v) is 2.55. The summed E-state index contributed by atoms with van der Waals surface area (Å²) in [5, 5.41) is 0. The molecule has 2 rings (SSSR count). The lowest BCUT2D eigenvalue weighted by molar-refractivity contribution is -0.117. The summed E-state index contributed by atoms with van der Waals surface area (Å²) in [6.07, 6.45) is 0.297. The Morgan fingerprint density at radius 1 is 1.00 bits per heavy atom. The first kappa shape index (κ1) is 17.7. The van der Waals surface area contributed by atoms with Crippen LogP contribution in [0.1, 0.15) is 35.3 Å². The highest BCUT2D eigenvalue weighted by atomic mass is 16.5. The van der Waals surface area contributed by atoms with Crippen molar-refractivity contribution in [3.63, 3.8) is 0 Å². The molecule has 0 atom stereocenters. The average Bonchev–Trinajstić information content (AvgIpc) is 2.58. The first-order valence-corrected chi connectivity index (χ1v) is 8.18. The lowest BCUT2D eigenvalue weighted by Gasteiger charge is -2.23. The number of anilines is 1. The van der Waals surface area contributed by atoms with Crippen molar-refractivity contribution >= 4 is 17.6 Å². The summed E-state index contributed by atoms with van der Waals surface area (Å²) >= 11 is 0. The van der Waals surface area contributed by atoms with E-state index < -0.39 is 5.97 Å². The number of ether oxygens (including phenoxy) is 1. The van der Waals surface area contributed by atoms with E-state index in [-0.39, 0.29) is 5.91 Å². The quantitative estimate of drug-likeness (QED) is 0.760. The lowest BCUT2D eigenvalue weighted by Crippen LogP contribution is -2.33. The van der Waals surface area contributed by atoms with E-state index in [1.807, 2.05) is 44.2 Å². The number of nitrogens with zero attached hydrogens (tertiary/aromatic N) is 1. The first-order chi connectivity index (χ1) is 11.6. The summed E-state index contributed by atoms with van der Waals surface area (Å²) in [6, 6.07) is 15.0. The van der Waals surface area contributed by atoms with Gasteiger partial charge in [-0.25, -0.2) is 4.79 Å². The number of hydrogen-bond donors (Lipinski definition) is 0. The van der Waals surface area contributed by atoms with Crippen LogP contribution in [-0.2, 0) is 16.0 Å². The van der Waals surface area contributed by atoms with Gasteiger partial charge < -0.3 is 9.64 Å². The topological polar surface area (TPSA) is 46.6 Å². The summed E-state index contributed by atoms with van der Waals surface area (Å²) in [4.78, 5) is 26.5. The van der Waals surface area contributed by atoms with Gasteiger partial charge in [0.25, 0.3) is 0 Å². The number of esters is 1. The molecule has 4 heteroatoms. The van der Waals surface area contributed by atoms with Gasteiger partial charge in [-0.05, 0) is 38.5 Å². The monoisotopic (exact) mass is 325 g/mol. The minimum Gasteiger partial charge on any atom is -0.462 e. The Balaban J connectivity index is 2.26. The maximum atomic E-state index is 12.7. The first-order valence-electron chi connectivity index (χ1n) is 8.18. The van der Waals surface area contributed by atoms with E-state index in [4.69, 9.17) is 4.74 Å². The maximum absolute atomic E-state index is 12.7.